The van der Waals surface area contributed by atoms with Crippen molar-refractivity contribution < 1.29 is 18.0 Å². The Balaban J connectivity index is 1.60. The van der Waals surface area contributed by atoms with E-state index in [-0.39, 0.29) is 16.8 Å². The Morgan fingerprint density at radius 2 is 1.82 bits per heavy atom. The molecule has 0 saturated heterocycles. The van der Waals surface area contributed by atoms with Gasteiger partial charge in [-0.25, -0.2) is 4.98 Å². The largest absolute Gasteiger partial charge is 0.416 e. The first-order valence-electron chi connectivity index (χ1n) is 11.8. The van der Waals surface area contributed by atoms with Crippen LogP contribution in [-0.2, 0) is 6.18 Å². The summed E-state index contributed by atoms with van der Waals surface area (Å²) in [6, 6.07) is 12.3. The van der Waals surface area contributed by atoms with Gasteiger partial charge in [0.1, 0.15) is 5.69 Å². The molecular weight excluding hydrogens is 505 g/mol. The third-order valence-corrected chi connectivity index (χ3v) is 5.90. The number of allylic oxidation sites excluding steroid dienone is 1. The first-order valence-corrected chi connectivity index (χ1v) is 11.8. The van der Waals surface area contributed by atoms with Crippen molar-refractivity contribution >= 4 is 29.1 Å². The van der Waals surface area contributed by atoms with Gasteiger partial charge in [-0.05, 0) is 67.3 Å². The lowest BCUT2D eigenvalue weighted by atomic mass is 10.0. The Labute approximate surface area is 223 Å². The van der Waals surface area contributed by atoms with Gasteiger partial charge in [-0.2, -0.15) is 13.2 Å². The molecule has 0 aliphatic heterocycles. The van der Waals surface area contributed by atoms with Crippen LogP contribution in [0, 0.1) is 31.1 Å². The molecule has 0 aliphatic carbocycles. The SMILES string of the molecule is CN/C=C(\C=N)Nc1cccn2c(C#Cc3cc(C(=O)Nc4ccc(C)c(C(F)(F)F)c4)ccc3C)cnc12. The normalized spacial score (nSPS) is 11.5. The number of rotatable bonds is 6. The van der Waals surface area contributed by atoms with Crippen LogP contribution >= 0.6 is 0 Å². The number of pyridine rings is 1. The average molecular weight is 531 g/mol. The maximum atomic E-state index is 13.3. The molecule has 2 heterocycles. The average Bonchev–Trinajstić information content (AvgIpc) is 3.32. The molecule has 4 aromatic rings. The van der Waals surface area contributed by atoms with Crippen LogP contribution in [0.3, 0.4) is 0 Å². The molecule has 0 saturated carbocycles. The lowest BCUT2D eigenvalue weighted by Gasteiger charge is -2.13. The number of alkyl halides is 3. The van der Waals surface area contributed by atoms with E-state index in [1.54, 1.807) is 42.0 Å². The van der Waals surface area contributed by atoms with Crippen LogP contribution in [0.15, 0.2) is 72.8 Å². The number of aromatic nitrogens is 2. The van der Waals surface area contributed by atoms with Gasteiger partial charge in [0.15, 0.2) is 5.65 Å². The molecule has 0 radical (unpaired) electrons. The third-order valence-electron chi connectivity index (χ3n) is 5.90. The highest BCUT2D eigenvalue weighted by atomic mass is 19.4. The summed E-state index contributed by atoms with van der Waals surface area (Å²) >= 11 is 0. The molecule has 4 rings (SSSR count). The number of nitrogens with zero attached hydrogens (tertiary/aromatic N) is 2. The summed E-state index contributed by atoms with van der Waals surface area (Å²) in [4.78, 5) is 17.3. The number of hydrogen-bond donors (Lipinski definition) is 4. The lowest BCUT2D eigenvalue weighted by Crippen LogP contribution is -2.14. The summed E-state index contributed by atoms with van der Waals surface area (Å²) < 4.78 is 41.6. The van der Waals surface area contributed by atoms with E-state index in [4.69, 9.17) is 5.41 Å². The molecule has 10 heteroatoms. The molecule has 39 heavy (non-hydrogen) atoms. The van der Waals surface area contributed by atoms with Crippen LogP contribution in [0.5, 0.6) is 0 Å². The van der Waals surface area contributed by atoms with E-state index in [2.05, 4.69) is 32.8 Å². The molecule has 198 valence electrons. The molecule has 0 aliphatic rings. The molecule has 2 aromatic carbocycles. The maximum Gasteiger partial charge on any atom is 0.416 e. The molecule has 4 N–H and O–H groups in total. The fourth-order valence-corrected chi connectivity index (χ4v) is 3.86. The van der Waals surface area contributed by atoms with E-state index in [1.165, 1.54) is 25.3 Å². The number of fused-ring (bicyclic) bond motifs is 1. The quantitative estimate of drug-likeness (QED) is 0.189. The Morgan fingerprint density at radius 1 is 1.05 bits per heavy atom. The highest BCUT2D eigenvalue weighted by Gasteiger charge is 2.32. The lowest BCUT2D eigenvalue weighted by molar-refractivity contribution is -0.138. The zero-order valence-electron chi connectivity index (χ0n) is 21.4. The van der Waals surface area contributed by atoms with E-state index in [0.29, 0.717) is 28.3 Å². The molecule has 0 bridgehead atoms. The number of carbonyl (C=O) groups excluding carboxylic acids is 1. The van der Waals surface area contributed by atoms with Crippen LogP contribution in [0.4, 0.5) is 24.5 Å². The number of halogens is 3. The zero-order valence-corrected chi connectivity index (χ0v) is 21.4. The number of amides is 1. The van der Waals surface area contributed by atoms with Gasteiger partial charge in [-0.3, -0.25) is 9.20 Å². The van der Waals surface area contributed by atoms with Crippen LogP contribution in [0.25, 0.3) is 5.65 Å². The van der Waals surface area contributed by atoms with E-state index < -0.39 is 17.6 Å². The molecular formula is C29H25F3N6O. The summed E-state index contributed by atoms with van der Waals surface area (Å²) in [5.74, 6) is 5.62. The Kier molecular flexibility index (Phi) is 7.72. The summed E-state index contributed by atoms with van der Waals surface area (Å²) in [5.41, 5.74) is 3.48. The minimum atomic E-state index is -4.52. The van der Waals surface area contributed by atoms with Crippen molar-refractivity contribution in [2.45, 2.75) is 20.0 Å². The second-order valence-electron chi connectivity index (χ2n) is 8.68. The number of carbonyl (C=O) groups is 1. The molecule has 1 amide bonds. The van der Waals surface area contributed by atoms with Gasteiger partial charge < -0.3 is 21.4 Å². The summed E-state index contributed by atoms with van der Waals surface area (Å²) in [5, 5.41) is 16.1. The number of nitrogens with one attached hydrogen (secondary N) is 4. The maximum absolute atomic E-state index is 13.3. The second-order valence-corrected chi connectivity index (χ2v) is 8.68. The Hall–Kier alpha value is -5.04. The number of hydrogen-bond acceptors (Lipinski definition) is 5. The number of benzene rings is 2. The van der Waals surface area contributed by atoms with Gasteiger partial charge in [0.05, 0.1) is 23.1 Å². The van der Waals surface area contributed by atoms with Crippen molar-refractivity contribution in [3.63, 3.8) is 0 Å². The highest BCUT2D eigenvalue weighted by molar-refractivity contribution is 6.04. The van der Waals surface area contributed by atoms with Gasteiger partial charge in [0, 0.05) is 42.5 Å². The summed E-state index contributed by atoms with van der Waals surface area (Å²) in [6.07, 6.45) is 1.76. The van der Waals surface area contributed by atoms with Gasteiger partial charge >= 0.3 is 6.18 Å². The molecule has 0 unspecified atom stereocenters. The number of anilines is 2. The van der Waals surface area contributed by atoms with Crippen LogP contribution in [0.2, 0.25) is 0 Å². The molecule has 2 aromatic heterocycles. The van der Waals surface area contributed by atoms with Gasteiger partial charge in [-0.15, -0.1) is 0 Å². The fraction of sp³-hybridized carbons (Fsp3) is 0.138. The zero-order chi connectivity index (χ0) is 28.2. The highest BCUT2D eigenvalue weighted by Crippen LogP contribution is 2.33. The van der Waals surface area contributed by atoms with Crippen molar-refractivity contribution in [2.24, 2.45) is 0 Å². The predicted molar refractivity (Wildman–Crippen MR) is 146 cm³/mol. The summed E-state index contributed by atoms with van der Waals surface area (Å²) in [7, 11) is 1.74. The van der Waals surface area contributed by atoms with E-state index in [9.17, 15) is 18.0 Å². The standard InChI is InChI=1S/C29H25F3N6O/c1-18-6-8-21(28(39)37-22-10-7-19(2)25(14-22)29(30,31)32)13-20(18)9-11-24-17-35-27-26(5-4-12-38(24)27)36-23(15-33)16-34-3/h4-8,10,12-17,33-34,36H,1-3H3,(H,37,39)/b23-16+,33-15?. The number of imidazole rings is 1. The fourth-order valence-electron chi connectivity index (χ4n) is 3.86. The minimum Gasteiger partial charge on any atom is -0.392 e. The van der Waals surface area contributed by atoms with Crippen molar-refractivity contribution in [1.82, 2.24) is 14.7 Å². The minimum absolute atomic E-state index is 0.0528. The van der Waals surface area contributed by atoms with E-state index >= 15 is 0 Å². The van der Waals surface area contributed by atoms with E-state index in [0.717, 1.165) is 11.6 Å². The van der Waals surface area contributed by atoms with Gasteiger partial charge in [0.2, 0.25) is 0 Å². The van der Waals surface area contributed by atoms with Crippen molar-refractivity contribution in [1.29, 1.82) is 5.41 Å². The van der Waals surface area contributed by atoms with E-state index in [1.807, 2.05) is 25.3 Å². The number of aryl methyl sites for hydroxylation is 2. The summed E-state index contributed by atoms with van der Waals surface area (Å²) in [6.45, 7) is 3.22. The monoisotopic (exact) mass is 530 g/mol. The molecule has 0 fully saturated rings. The van der Waals surface area contributed by atoms with Gasteiger partial charge in [0.25, 0.3) is 5.91 Å². The first kappa shape index (κ1) is 27.0. The topological polar surface area (TPSA) is 94.3 Å². The Morgan fingerprint density at radius 3 is 2.54 bits per heavy atom. The predicted octanol–water partition coefficient (Wildman–Crippen LogP) is 5.74. The smallest absolute Gasteiger partial charge is 0.392 e. The van der Waals surface area contributed by atoms with Gasteiger partial charge in [-0.1, -0.05) is 18.1 Å². The molecule has 0 atom stereocenters. The molecule has 0 spiro atoms. The van der Waals surface area contributed by atoms with Crippen molar-refractivity contribution in [2.75, 3.05) is 17.7 Å². The third kappa shape index (κ3) is 6.10. The van der Waals surface area contributed by atoms with Crippen LogP contribution in [-0.4, -0.2) is 28.6 Å². The van der Waals surface area contributed by atoms with Crippen molar-refractivity contribution in [3.05, 3.63) is 106 Å². The van der Waals surface area contributed by atoms with Crippen LogP contribution < -0.4 is 16.0 Å². The second kappa shape index (κ2) is 11.1. The first-order chi connectivity index (χ1) is 18.6. The van der Waals surface area contributed by atoms with Crippen LogP contribution in [0.1, 0.15) is 38.3 Å². The Bertz CT molecular complexity index is 1660. The van der Waals surface area contributed by atoms with Crippen molar-refractivity contribution in [3.8, 4) is 11.8 Å². The molecule has 7 nitrogen and oxygen atoms in total.